The van der Waals surface area contributed by atoms with Crippen molar-refractivity contribution in [3.8, 4) is 0 Å². The van der Waals surface area contributed by atoms with Crippen LogP contribution < -0.4 is 0 Å². The molecule has 3 atom stereocenters. The highest BCUT2D eigenvalue weighted by Gasteiger charge is 2.36. The predicted octanol–water partition coefficient (Wildman–Crippen LogP) is 2.95. The number of carboxylic acids is 1. The maximum atomic E-state index is 11.1. The van der Waals surface area contributed by atoms with Gasteiger partial charge in [-0.05, 0) is 30.6 Å². The molecule has 2 heteroatoms. The van der Waals surface area contributed by atoms with Crippen LogP contribution in [0, 0.1) is 23.7 Å². The zero-order chi connectivity index (χ0) is 10.9. The van der Waals surface area contributed by atoms with Crippen LogP contribution >= 0.6 is 0 Å². The fourth-order valence-electron chi connectivity index (χ4n) is 2.55. The average Bonchev–Trinajstić information content (AvgIpc) is 2.02. The molecule has 1 fully saturated rings. The predicted molar refractivity (Wildman–Crippen MR) is 57.0 cm³/mol. The first-order chi connectivity index (χ1) is 6.45. The molecule has 0 amide bonds. The molecule has 0 aliphatic heterocycles. The van der Waals surface area contributed by atoms with Crippen LogP contribution in [0.5, 0.6) is 0 Å². The van der Waals surface area contributed by atoms with Crippen molar-refractivity contribution in [2.45, 2.75) is 33.6 Å². The topological polar surface area (TPSA) is 37.3 Å². The number of hydrogen-bond acceptors (Lipinski definition) is 1. The average molecular weight is 196 g/mol. The molecule has 0 bridgehead atoms. The lowest BCUT2D eigenvalue weighted by atomic mass is 9.68. The lowest BCUT2D eigenvalue weighted by Crippen LogP contribution is -2.33. The second kappa shape index (κ2) is 4.16. The second-order valence-electron chi connectivity index (χ2n) is 4.80. The highest BCUT2D eigenvalue weighted by molar-refractivity contribution is 5.74. The van der Waals surface area contributed by atoms with Gasteiger partial charge >= 0.3 is 5.97 Å². The third-order valence-corrected chi connectivity index (χ3v) is 3.45. The highest BCUT2D eigenvalue weighted by Crippen LogP contribution is 2.40. The van der Waals surface area contributed by atoms with Crippen molar-refractivity contribution in [2.24, 2.45) is 23.7 Å². The Balaban J connectivity index is 2.83. The Morgan fingerprint density at radius 2 is 2.07 bits per heavy atom. The first-order valence-corrected chi connectivity index (χ1v) is 5.36. The monoisotopic (exact) mass is 196 g/mol. The summed E-state index contributed by atoms with van der Waals surface area (Å²) in [5.41, 5.74) is 0.936. The van der Waals surface area contributed by atoms with Crippen molar-refractivity contribution in [3.05, 3.63) is 12.2 Å². The molecule has 14 heavy (non-hydrogen) atoms. The van der Waals surface area contributed by atoms with Gasteiger partial charge in [0.2, 0.25) is 0 Å². The van der Waals surface area contributed by atoms with Crippen molar-refractivity contribution in [1.82, 2.24) is 0 Å². The van der Waals surface area contributed by atoms with Gasteiger partial charge < -0.3 is 5.11 Å². The fourth-order valence-corrected chi connectivity index (χ4v) is 2.55. The molecule has 2 nitrogen and oxygen atoms in total. The normalized spacial score (nSPS) is 33.4. The lowest BCUT2D eigenvalue weighted by molar-refractivity contribution is -0.142. The minimum Gasteiger partial charge on any atom is -0.481 e. The van der Waals surface area contributed by atoms with Gasteiger partial charge in [-0.1, -0.05) is 32.9 Å². The molecular weight excluding hydrogens is 176 g/mol. The van der Waals surface area contributed by atoms with Gasteiger partial charge in [0.05, 0.1) is 5.92 Å². The molecule has 1 aliphatic carbocycles. The summed E-state index contributed by atoms with van der Waals surface area (Å²) in [6.07, 6.45) is 2.11. The molecule has 1 saturated carbocycles. The van der Waals surface area contributed by atoms with Gasteiger partial charge in [0.25, 0.3) is 0 Å². The van der Waals surface area contributed by atoms with Crippen molar-refractivity contribution in [2.75, 3.05) is 0 Å². The van der Waals surface area contributed by atoms with Crippen LogP contribution in [-0.4, -0.2) is 11.1 Å². The van der Waals surface area contributed by atoms with E-state index in [1.165, 1.54) is 0 Å². The van der Waals surface area contributed by atoms with Gasteiger partial charge in [0.1, 0.15) is 0 Å². The number of carboxylic acid groups (broad SMARTS) is 1. The molecule has 3 unspecified atom stereocenters. The van der Waals surface area contributed by atoms with E-state index in [9.17, 15) is 4.79 Å². The molecular formula is C12H20O2. The molecule has 0 radical (unpaired) electrons. The minimum atomic E-state index is -0.701. The molecule has 0 heterocycles. The third-order valence-electron chi connectivity index (χ3n) is 3.45. The Hall–Kier alpha value is -0.790. The molecule has 1 N–H and O–H groups in total. The van der Waals surface area contributed by atoms with Crippen LogP contribution in [0.3, 0.4) is 0 Å². The lowest BCUT2D eigenvalue weighted by Gasteiger charge is -2.36. The Labute approximate surface area is 86.0 Å². The summed E-state index contributed by atoms with van der Waals surface area (Å²) in [6, 6.07) is 0. The summed E-state index contributed by atoms with van der Waals surface area (Å²) in [6.45, 7) is 10.3. The van der Waals surface area contributed by atoms with Crippen LogP contribution in [0.1, 0.15) is 33.6 Å². The molecule has 1 aliphatic rings. The quantitative estimate of drug-likeness (QED) is 0.689. The Morgan fingerprint density at radius 3 is 2.50 bits per heavy atom. The Kier molecular flexibility index (Phi) is 3.35. The van der Waals surface area contributed by atoms with Crippen molar-refractivity contribution < 1.29 is 9.90 Å². The van der Waals surface area contributed by atoms with Gasteiger partial charge in [-0.3, -0.25) is 4.79 Å². The Bertz CT molecular complexity index is 243. The zero-order valence-corrected chi connectivity index (χ0v) is 9.29. The number of rotatable bonds is 2. The standard InChI is InChI=1S/C12H20O2/c1-7(2)10-6-5-8(3)11(9(10)4)12(13)14/h7-8,10-11H,4-6H2,1-3H3,(H,13,14). The van der Waals surface area contributed by atoms with Gasteiger partial charge in [-0.15, -0.1) is 0 Å². The van der Waals surface area contributed by atoms with Gasteiger partial charge in [-0.2, -0.15) is 0 Å². The van der Waals surface area contributed by atoms with Gasteiger partial charge in [-0.25, -0.2) is 0 Å². The number of hydrogen-bond donors (Lipinski definition) is 1. The maximum Gasteiger partial charge on any atom is 0.310 e. The van der Waals surface area contributed by atoms with Crippen LogP contribution in [-0.2, 0) is 4.79 Å². The maximum absolute atomic E-state index is 11.1. The van der Waals surface area contributed by atoms with E-state index in [0.29, 0.717) is 11.8 Å². The van der Waals surface area contributed by atoms with E-state index in [1.54, 1.807) is 0 Å². The molecule has 0 aromatic rings. The smallest absolute Gasteiger partial charge is 0.310 e. The largest absolute Gasteiger partial charge is 0.481 e. The summed E-state index contributed by atoms with van der Waals surface area (Å²) < 4.78 is 0. The SMILES string of the molecule is C=C1C(C(C)C)CCC(C)C1C(=O)O. The van der Waals surface area contributed by atoms with Gasteiger partial charge in [0, 0.05) is 0 Å². The molecule has 1 rings (SSSR count). The van der Waals surface area contributed by atoms with Gasteiger partial charge in [0.15, 0.2) is 0 Å². The molecule has 0 aromatic carbocycles. The Morgan fingerprint density at radius 1 is 1.50 bits per heavy atom. The molecule has 0 aromatic heterocycles. The molecule has 0 saturated heterocycles. The van der Waals surface area contributed by atoms with Crippen molar-refractivity contribution >= 4 is 5.97 Å². The van der Waals surface area contributed by atoms with E-state index in [1.807, 2.05) is 6.92 Å². The first kappa shape index (κ1) is 11.3. The molecule has 0 spiro atoms. The minimum absolute atomic E-state index is 0.245. The fraction of sp³-hybridized carbons (Fsp3) is 0.750. The van der Waals surface area contributed by atoms with E-state index in [0.717, 1.165) is 18.4 Å². The van der Waals surface area contributed by atoms with Crippen molar-refractivity contribution in [3.63, 3.8) is 0 Å². The highest BCUT2D eigenvalue weighted by atomic mass is 16.4. The van der Waals surface area contributed by atoms with Crippen molar-refractivity contribution in [1.29, 1.82) is 0 Å². The summed E-state index contributed by atoms with van der Waals surface area (Å²) in [7, 11) is 0. The summed E-state index contributed by atoms with van der Waals surface area (Å²) in [5.74, 6) is 0.128. The van der Waals surface area contributed by atoms with E-state index >= 15 is 0 Å². The summed E-state index contributed by atoms with van der Waals surface area (Å²) >= 11 is 0. The number of carbonyl (C=O) groups is 1. The van der Waals surface area contributed by atoms with E-state index in [2.05, 4.69) is 20.4 Å². The van der Waals surface area contributed by atoms with Crippen LogP contribution in [0.15, 0.2) is 12.2 Å². The first-order valence-electron chi connectivity index (χ1n) is 5.36. The second-order valence-corrected chi connectivity index (χ2v) is 4.80. The van der Waals surface area contributed by atoms with Crippen LogP contribution in [0.2, 0.25) is 0 Å². The summed E-state index contributed by atoms with van der Waals surface area (Å²) in [5, 5.41) is 9.12. The summed E-state index contributed by atoms with van der Waals surface area (Å²) in [4.78, 5) is 11.1. The van der Waals surface area contributed by atoms with E-state index in [-0.39, 0.29) is 11.8 Å². The van der Waals surface area contributed by atoms with E-state index in [4.69, 9.17) is 5.11 Å². The third kappa shape index (κ3) is 1.99. The van der Waals surface area contributed by atoms with E-state index < -0.39 is 5.97 Å². The number of aliphatic carboxylic acids is 1. The molecule has 80 valence electrons. The van der Waals surface area contributed by atoms with Crippen LogP contribution in [0.4, 0.5) is 0 Å². The van der Waals surface area contributed by atoms with Crippen LogP contribution in [0.25, 0.3) is 0 Å². The zero-order valence-electron chi connectivity index (χ0n) is 9.29.